The number of carbonyl (C=O) groups is 3. The molecule has 108 valence electrons. The molecule has 1 aromatic carbocycles. The molecule has 0 saturated heterocycles. The minimum Gasteiger partial charge on any atom is -0.548 e. The molecule has 2 amide bonds. The van der Waals surface area contributed by atoms with Gasteiger partial charge in [0.2, 0.25) is 5.91 Å². The summed E-state index contributed by atoms with van der Waals surface area (Å²) in [5.74, 6) is -2.15. The first kappa shape index (κ1) is 19.4. The van der Waals surface area contributed by atoms with Crippen LogP contribution in [0, 0.1) is 0 Å². The average Bonchev–Trinajstić information content (AvgIpc) is 2.41. The number of hydrogen-bond acceptors (Lipinski definition) is 5. The van der Waals surface area contributed by atoms with Gasteiger partial charge in [0, 0.05) is 6.42 Å². The number of nitrogens with one attached hydrogen (secondary N) is 1. The van der Waals surface area contributed by atoms with Crippen molar-refractivity contribution < 1.29 is 53.8 Å². The number of carboxylic acids is 1. The average molecular weight is 302 g/mol. The van der Waals surface area contributed by atoms with Gasteiger partial charge in [-0.2, -0.15) is 0 Å². The van der Waals surface area contributed by atoms with Crippen LogP contribution in [0.5, 0.6) is 0 Å². The van der Waals surface area contributed by atoms with E-state index in [9.17, 15) is 19.5 Å². The molecule has 0 bridgehead atoms. The molecule has 21 heavy (non-hydrogen) atoms. The van der Waals surface area contributed by atoms with Crippen LogP contribution in [-0.2, 0) is 20.9 Å². The van der Waals surface area contributed by atoms with Crippen molar-refractivity contribution in [2.45, 2.75) is 25.5 Å². The van der Waals surface area contributed by atoms with Gasteiger partial charge < -0.3 is 25.7 Å². The second-order valence-electron chi connectivity index (χ2n) is 4.08. The van der Waals surface area contributed by atoms with Crippen molar-refractivity contribution in [3.05, 3.63) is 35.9 Å². The second kappa shape index (κ2) is 10.2. The molecule has 0 aliphatic carbocycles. The third-order valence-electron chi connectivity index (χ3n) is 2.47. The Hall–Kier alpha value is -1.57. The van der Waals surface area contributed by atoms with E-state index in [0.717, 1.165) is 5.56 Å². The van der Waals surface area contributed by atoms with Crippen molar-refractivity contribution in [3.8, 4) is 0 Å². The van der Waals surface area contributed by atoms with Gasteiger partial charge in [0.1, 0.15) is 6.61 Å². The zero-order valence-corrected chi connectivity index (χ0v) is 13.7. The molecule has 0 radical (unpaired) electrons. The first-order valence-electron chi connectivity index (χ1n) is 5.95. The molecule has 0 aromatic heterocycles. The van der Waals surface area contributed by atoms with Crippen molar-refractivity contribution in [2.75, 3.05) is 0 Å². The van der Waals surface area contributed by atoms with Gasteiger partial charge in [-0.15, -0.1) is 0 Å². The maximum Gasteiger partial charge on any atom is 1.00 e. The molecular formula is C13H15N2NaO5. The molecular weight excluding hydrogens is 287 g/mol. The van der Waals surface area contributed by atoms with Gasteiger partial charge in [-0.1, -0.05) is 30.3 Å². The van der Waals surface area contributed by atoms with E-state index in [1.54, 1.807) is 24.3 Å². The number of carboxylic acid groups (broad SMARTS) is 1. The van der Waals surface area contributed by atoms with Crippen molar-refractivity contribution >= 4 is 18.0 Å². The van der Waals surface area contributed by atoms with Crippen molar-refractivity contribution in [2.24, 2.45) is 5.73 Å². The van der Waals surface area contributed by atoms with E-state index in [1.165, 1.54) is 0 Å². The molecule has 0 unspecified atom stereocenters. The molecule has 3 N–H and O–H groups in total. The summed E-state index contributed by atoms with van der Waals surface area (Å²) >= 11 is 0. The first-order valence-corrected chi connectivity index (χ1v) is 5.95. The van der Waals surface area contributed by atoms with Crippen LogP contribution in [0.1, 0.15) is 18.4 Å². The van der Waals surface area contributed by atoms with Crippen molar-refractivity contribution in [1.29, 1.82) is 0 Å². The van der Waals surface area contributed by atoms with Gasteiger partial charge in [0.15, 0.2) is 0 Å². The summed E-state index contributed by atoms with van der Waals surface area (Å²) in [5, 5.41) is 12.9. The van der Waals surface area contributed by atoms with Crippen LogP contribution in [0.3, 0.4) is 0 Å². The van der Waals surface area contributed by atoms with Gasteiger partial charge in [-0.3, -0.25) is 4.79 Å². The standard InChI is InChI=1S/C13H16N2O5.Na/c14-11(16)7-6-10(12(17)18)15-13(19)20-8-9-4-2-1-3-5-9;/h1-5,10H,6-8H2,(H2,14,16)(H,15,19)(H,17,18);/q;+1/p-1/t10-;/m0./s1. The number of primary amides is 1. The van der Waals surface area contributed by atoms with E-state index in [1.807, 2.05) is 6.07 Å². The summed E-state index contributed by atoms with van der Waals surface area (Å²) < 4.78 is 4.86. The van der Waals surface area contributed by atoms with E-state index >= 15 is 0 Å². The molecule has 1 aromatic rings. The fraction of sp³-hybridized carbons (Fsp3) is 0.308. The number of nitrogens with two attached hydrogens (primary N) is 1. The second-order valence-corrected chi connectivity index (χ2v) is 4.08. The minimum atomic E-state index is -1.50. The molecule has 0 aliphatic heterocycles. The number of amides is 2. The van der Waals surface area contributed by atoms with Crippen molar-refractivity contribution in [3.63, 3.8) is 0 Å². The maximum atomic E-state index is 11.4. The summed E-state index contributed by atoms with van der Waals surface area (Å²) in [6.45, 7) is 0.0161. The van der Waals surface area contributed by atoms with Crippen LogP contribution in [0.2, 0.25) is 0 Å². The van der Waals surface area contributed by atoms with E-state index in [4.69, 9.17) is 10.5 Å². The van der Waals surface area contributed by atoms with Crippen LogP contribution in [0.15, 0.2) is 30.3 Å². The van der Waals surface area contributed by atoms with E-state index < -0.39 is 24.0 Å². The summed E-state index contributed by atoms with van der Waals surface area (Å²) in [5.41, 5.74) is 5.68. The molecule has 0 heterocycles. The normalized spacial score (nSPS) is 10.9. The number of benzene rings is 1. The van der Waals surface area contributed by atoms with Crippen LogP contribution in [0.4, 0.5) is 4.79 Å². The number of carbonyl (C=O) groups excluding carboxylic acids is 3. The molecule has 0 spiro atoms. The number of alkyl carbamates (subject to hydrolysis) is 1. The Kier molecular flexibility index (Phi) is 9.44. The fourth-order valence-electron chi connectivity index (χ4n) is 1.44. The predicted molar refractivity (Wildman–Crippen MR) is 67.0 cm³/mol. The Morgan fingerprint density at radius 3 is 2.38 bits per heavy atom. The Morgan fingerprint density at radius 1 is 1.24 bits per heavy atom. The van der Waals surface area contributed by atoms with Crippen molar-refractivity contribution in [1.82, 2.24) is 5.32 Å². The summed E-state index contributed by atoms with van der Waals surface area (Å²) in [6, 6.07) is 7.60. The quantitative estimate of drug-likeness (QED) is 0.502. The fourth-order valence-corrected chi connectivity index (χ4v) is 1.44. The molecule has 0 saturated carbocycles. The van der Waals surface area contributed by atoms with Gasteiger partial charge in [-0.25, -0.2) is 4.79 Å². The predicted octanol–water partition coefficient (Wildman–Crippen LogP) is -3.70. The van der Waals surface area contributed by atoms with Gasteiger partial charge in [0.05, 0.1) is 12.0 Å². The van der Waals surface area contributed by atoms with E-state index in [0.29, 0.717) is 0 Å². The molecule has 7 nitrogen and oxygen atoms in total. The van der Waals surface area contributed by atoms with E-state index in [2.05, 4.69) is 5.32 Å². The minimum absolute atomic E-state index is 0. The van der Waals surface area contributed by atoms with Crippen LogP contribution >= 0.6 is 0 Å². The Morgan fingerprint density at radius 2 is 1.86 bits per heavy atom. The Bertz CT molecular complexity index is 481. The smallest absolute Gasteiger partial charge is 0.548 e. The van der Waals surface area contributed by atoms with Gasteiger partial charge in [0.25, 0.3) is 0 Å². The third-order valence-corrected chi connectivity index (χ3v) is 2.47. The van der Waals surface area contributed by atoms with Gasteiger partial charge in [-0.05, 0) is 12.0 Å². The summed E-state index contributed by atoms with van der Waals surface area (Å²) in [7, 11) is 0. The summed E-state index contributed by atoms with van der Waals surface area (Å²) in [4.78, 5) is 32.8. The van der Waals surface area contributed by atoms with Crippen LogP contribution in [-0.4, -0.2) is 24.0 Å². The van der Waals surface area contributed by atoms with Crippen LogP contribution in [0.25, 0.3) is 0 Å². The van der Waals surface area contributed by atoms with E-state index in [-0.39, 0.29) is 49.0 Å². The molecule has 1 rings (SSSR count). The zero-order chi connectivity index (χ0) is 15.0. The monoisotopic (exact) mass is 302 g/mol. The van der Waals surface area contributed by atoms with Gasteiger partial charge >= 0.3 is 35.7 Å². The first-order chi connectivity index (χ1) is 9.49. The number of hydrogen-bond donors (Lipinski definition) is 2. The third kappa shape index (κ3) is 8.34. The van der Waals surface area contributed by atoms with Crippen LogP contribution < -0.4 is 45.7 Å². The largest absolute Gasteiger partial charge is 1.00 e. The molecule has 1 atom stereocenters. The SMILES string of the molecule is NC(=O)CC[C@H](NC(=O)OCc1ccccc1)C(=O)[O-].[Na+]. The topological polar surface area (TPSA) is 122 Å². The molecule has 0 fully saturated rings. The number of rotatable bonds is 7. The Balaban J connectivity index is 0.00000400. The summed E-state index contributed by atoms with van der Waals surface area (Å²) in [6.07, 6.45) is -1.21. The Labute approximate surface area is 144 Å². The maximum absolute atomic E-state index is 11.4. The zero-order valence-electron chi connectivity index (χ0n) is 11.7. The molecule has 0 aliphatic rings. The number of aliphatic carboxylic acids is 1. The number of ether oxygens (including phenoxy) is 1. The molecule has 8 heteroatoms.